The third kappa shape index (κ3) is 5.38. The van der Waals surface area contributed by atoms with E-state index < -0.39 is 18.0 Å². The number of anilines is 1. The molecule has 0 saturated heterocycles. The normalized spacial score (nSPS) is 12.1. The first-order chi connectivity index (χ1) is 9.29. The minimum Gasteiger partial charge on any atom is -0.481 e. The molecule has 1 rings (SSSR count). The third-order valence-corrected chi connectivity index (χ3v) is 3.91. The number of halogens is 2. The molecular formula is C13H16BrClN2O3. The van der Waals surface area contributed by atoms with Gasteiger partial charge in [-0.3, -0.25) is 4.79 Å². The lowest BCUT2D eigenvalue weighted by Crippen LogP contribution is -2.42. The maximum Gasteiger partial charge on any atom is 0.319 e. The van der Waals surface area contributed by atoms with Crippen molar-refractivity contribution < 1.29 is 14.7 Å². The van der Waals surface area contributed by atoms with Gasteiger partial charge in [-0.2, -0.15) is 0 Å². The fraction of sp³-hybridized carbons (Fsp3) is 0.385. The van der Waals surface area contributed by atoms with Gasteiger partial charge >= 0.3 is 12.0 Å². The molecule has 5 nitrogen and oxygen atoms in total. The summed E-state index contributed by atoms with van der Waals surface area (Å²) in [6, 6.07) is 4.11. The van der Waals surface area contributed by atoms with Gasteiger partial charge < -0.3 is 15.7 Å². The van der Waals surface area contributed by atoms with Crippen molar-refractivity contribution in [3.8, 4) is 0 Å². The Balaban J connectivity index is 2.65. The van der Waals surface area contributed by atoms with Gasteiger partial charge in [0.25, 0.3) is 0 Å². The van der Waals surface area contributed by atoms with Crippen LogP contribution in [-0.4, -0.2) is 23.1 Å². The second-order valence-corrected chi connectivity index (χ2v) is 5.94. The van der Waals surface area contributed by atoms with Gasteiger partial charge in [-0.25, -0.2) is 4.79 Å². The van der Waals surface area contributed by atoms with E-state index in [1.54, 1.807) is 18.2 Å². The molecule has 110 valence electrons. The van der Waals surface area contributed by atoms with E-state index in [-0.39, 0.29) is 12.3 Å². The Morgan fingerprint density at radius 3 is 2.55 bits per heavy atom. The van der Waals surface area contributed by atoms with Crippen LogP contribution in [0.5, 0.6) is 0 Å². The number of aliphatic carboxylic acids is 1. The molecule has 1 aromatic rings. The van der Waals surface area contributed by atoms with Gasteiger partial charge in [0.1, 0.15) is 0 Å². The molecule has 1 aromatic carbocycles. The number of nitrogens with one attached hydrogen (secondary N) is 2. The molecule has 0 aliphatic carbocycles. The number of benzene rings is 1. The van der Waals surface area contributed by atoms with Crippen LogP contribution in [0.25, 0.3) is 0 Å². The van der Waals surface area contributed by atoms with E-state index in [2.05, 4.69) is 26.6 Å². The number of carboxylic acids is 1. The Bertz CT molecular complexity index is 508. The van der Waals surface area contributed by atoms with Crippen LogP contribution < -0.4 is 10.6 Å². The highest BCUT2D eigenvalue weighted by atomic mass is 79.9. The van der Waals surface area contributed by atoms with Gasteiger partial charge in [-0.1, -0.05) is 25.4 Å². The van der Waals surface area contributed by atoms with Gasteiger partial charge in [-0.05, 0) is 40.0 Å². The second kappa shape index (κ2) is 7.50. The van der Waals surface area contributed by atoms with Crippen LogP contribution in [0.1, 0.15) is 20.3 Å². The monoisotopic (exact) mass is 362 g/mol. The molecule has 0 bridgehead atoms. The van der Waals surface area contributed by atoms with E-state index in [1.165, 1.54) is 0 Å². The van der Waals surface area contributed by atoms with Crippen LogP contribution in [0.15, 0.2) is 22.7 Å². The lowest BCUT2D eigenvalue weighted by atomic mass is 10.0. The van der Waals surface area contributed by atoms with Crippen LogP contribution in [0.4, 0.5) is 10.5 Å². The molecule has 0 saturated carbocycles. The highest BCUT2D eigenvalue weighted by molar-refractivity contribution is 9.10. The number of urea groups is 1. The Morgan fingerprint density at radius 2 is 2.05 bits per heavy atom. The number of amides is 2. The predicted octanol–water partition coefficient (Wildman–Crippen LogP) is 3.72. The highest BCUT2D eigenvalue weighted by Crippen LogP contribution is 2.25. The molecule has 0 aliphatic heterocycles. The summed E-state index contributed by atoms with van der Waals surface area (Å²) < 4.78 is 0.669. The third-order valence-electron chi connectivity index (χ3n) is 2.69. The molecule has 0 fully saturated rings. The molecule has 20 heavy (non-hydrogen) atoms. The smallest absolute Gasteiger partial charge is 0.319 e. The van der Waals surface area contributed by atoms with Crippen molar-refractivity contribution in [1.82, 2.24) is 5.32 Å². The molecule has 0 aliphatic rings. The Labute approximate surface area is 130 Å². The average Bonchev–Trinajstić information content (AvgIpc) is 2.32. The molecule has 0 spiro atoms. The largest absolute Gasteiger partial charge is 0.481 e. The Morgan fingerprint density at radius 1 is 1.40 bits per heavy atom. The van der Waals surface area contributed by atoms with Crippen molar-refractivity contribution in [3.05, 3.63) is 27.7 Å². The summed E-state index contributed by atoms with van der Waals surface area (Å²) in [5.74, 6) is -0.924. The zero-order valence-electron chi connectivity index (χ0n) is 11.1. The molecule has 1 unspecified atom stereocenters. The SMILES string of the molecule is CC(C)C(CC(=O)O)NC(=O)Nc1ccc(Cl)c(Br)c1. The zero-order valence-corrected chi connectivity index (χ0v) is 13.5. The summed E-state index contributed by atoms with van der Waals surface area (Å²) in [7, 11) is 0. The fourth-order valence-electron chi connectivity index (χ4n) is 1.55. The molecule has 0 radical (unpaired) electrons. The molecule has 1 atom stereocenters. The fourth-order valence-corrected chi connectivity index (χ4v) is 2.05. The summed E-state index contributed by atoms with van der Waals surface area (Å²) in [5.41, 5.74) is 0.566. The van der Waals surface area contributed by atoms with E-state index >= 15 is 0 Å². The highest BCUT2D eigenvalue weighted by Gasteiger charge is 2.19. The lowest BCUT2D eigenvalue weighted by Gasteiger charge is -2.20. The number of carbonyl (C=O) groups is 2. The topological polar surface area (TPSA) is 78.4 Å². The van der Waals surface area contributed by atoms with Gasteiger partial charge in [0.2, 0.25) is 0 Å². The first-order valence-corrected chi connectivity index (χ1v) is 7.21. The van der Waals surface area contributed by atoms with E-state index in [0.717, 1.165) is 0 Å². The molecule has 3 N–H and O–H groups in total. The van der Waals surface area contributed by atoms with E-state index in [1.807, 2.05) is 13.8 Å². The summed E-state index contributed by atoms with van der Waals surface area (Å²) in [6.07, 6.45) is -0.116. The number of carboxylic acid groups (broad SMARTS) is 1. The first-order valence-electron chi connectivity index (χ1n) is 6.04. The first kappa shape index (κ1) is 16.8. The van der Waals surface area contributed by atoms with Crippen molar-refractivity contribution in [2.45, 2.75) is 26.3 Å². The quantitative estimate of drug-likeness (QED) is 0.746. The molecular weight excluding hydrogens is 348 g/mol. The van der Waals surface area contributed by atoms with Crippen LogP contribution in [0, 0.1) is 5.92 Å². The Kier molecular flexibility index (Phi) is 6.29. The van der Waals surface area contributed by atoms with Gasteiger partial charge in [0.15, 0.2) is 0 Å². The lowest BCUT2D eigenvalue weighted by molar-refractivity contribution is -0.137. The number of rotatable bonds is 5. The van der Waals surface area contributed by atoms with Crippen molar-refractivity contribution >= 4 is 45.2 Å². The van der Waals surface area contributed by atoms with E-state index in [0.29, 0.717) is 15.2 Å². The number of hydrogen-bond acceptors (Lipinski definition) is 2. The molecule has 2 amide bonds. The zero-order chi connectivity index (χ0) is 15.3. The molecule has 7 heteroatoms. The second-order valence-electron chi connectivity index (χ2n) is 4.68. The average molecular weight is 364 g/mol. The summed E-state index contributed by atoms with van der Waals surface area (Å²) in [5, 5.41) is 14.6. The maximum atomic E-state index is 11.8. The van der Waals surface area contributed by atoms with Crippen molar-refractivity contribution in [1.29, 1.82) is 0 Å². The van der Waals surface area contributed by atoms with Gasteiger partial charge in [-0.15, -0.1) is 0 Å². The van der Waals surface area contributed by atoms with Crippen molar-refractivity contribution in [2.75, 3.05) is 5.32 Å². The Hall–Kier alpha value is -1.27. The summed E-state index contributed by atoms with van der Waals surface area (Å²) >= 11 is 9.12. The van der Waals surface area contributed by atoms with E-state index in [4.69, 9.17) is 16.7 Å². The molecule has 0 heterocycles. The number of hydrogen-bond donors (Lipinski definition) is 3. The summed E-state index contributed by atoms with van der Waals surface area (Å²) in [4.78, 5) is 22.6. The van der Waals surface area contributed by atoms with Crippen molar-refractivity contribution in [2.24, 2.45) is 5.92 Å². The van der Waals surface area contributed by atoms with Crippen LogP contribution in [-0.2, 0) is 4.79 Å². The van der Waals surface area contributed by atoms with Gasteiger partial charge in [0.05, 0.1) is 11.4 Å². The van der Waals surface area contributed by atoms with Crippen molar-refractivity contribution in [3.63, 3.8) is 0 Å². The number of carbonyl (C=O) groups excluding carboxylic acids is 1. The minimum atomic E-state index is -0.946. The van der Waals surface area contributed by atoms with Crippen LogP contribution in [0.2, 0.25) is 5.02 Å². The predicted molar refractivity (Wildman–Crippen MR) is 82.2 cm³/mol. The minimum absolute atomic E-state index is 0.0220. The molecule has 0 aromatic heterocycles. The maximum absolute atomic E-state index is 11.8. The van der Waals surface area contributed by atoms with Gasteiger partial charge in [0, 0.05) is 16.2 Å². The van der Waals surface area contributed by atoms with Crippen LogP contribution in [0.3, 0.4) is 0 Å². The summed E-state index contributed by atoms with van der Waals surface area (Å²) in [6.45, 7) is 3.71. The standard InChI is InChI=1S/C13H16BrClN2O3/c1-7(2)11(6-12(18)19)17-13(20)16-8-3-4-10(15)9(14)5-8/h3-5,7,11H,6H2,1-2H3,(H,18,19)(H2,16,17,20). The van der Waals surface area contributed by atoms with Crippen LogP contribution >= 0.6 is 27.5 Å². The van der Waals surface area contributed by atoms with E-state index in [9.17, 15) is 9.59 Å².